The number of carbonyl (C=O) groups excluding carboxylic acids is 1. The molecule has 0 radical (unpaired) electrons. The summed E-state index contributed by atoms with van der Waals surface area (Å²) < 4.78 is 5.75. The first kappa shape index (κ1) is 14.6. The van der Waals surface area contributed by atoms with Crippen molar-refractivity contribution in [2.24, 2.45) is 0 Å². The molecule has 0 aliphatic heterocycles. The van der Waals surface area contributed by atoms with Gasteiger partial charge in [0.05, 0.1) is 6.10 Å². The zero-order valence-electron chi connectivity index (χ0n) is 13.0. The molecule has 3 heteroatoms. The predicted octanol–water partition coefficient (Wildman–Crippen LogP) is 3.13. The van der Waals surface area contributed by atoms with Crippen molar-refractivity contribution < 1.29 is 9.53 Å². The zero-order chi connectivity index (χ0) is 14.8. The summed E-state index contributed by atoms with van der Waals surface area (Å²) in [5.74, 6) is 0.584. The average molecular weight is 287 g/mol. The molecule has 114 valence electrons. The molecule has 1 aromatic carbocycles. The van der Waals surface area contributed by atoms with E-state index < -0.39 is 0 Å². The second kappa shape index (κ2) is 6.18. The van der Waals surface area contributed by atoms with Crippen LogP contribution >= 0.6 is 0 Å². The molecule has 1 aromatic rings. The smallest absolute Gasteiger partial charge is 0.248 e. The zero-order valence-corrected chi connectivity index (χ0v) is 13.0. The lowest BCUT2D eigenvalue weighted by Crippen LogP contribution is -2.44. The summed E-state index contributed by atoms with van der Waals surface area (Å²) in [6.45, 7) is 2.38. The quantitative estimate of drug-likeness (QED) is 0.832. The number of ether oxygens (including phenoxy) is 1. The molecule has 0 saturated heterocycles. The van der Waals surface area contributed by atoms with Crippen LogP contribution in [0.5, 0.6) is 0 Å². The van der Waals surface area contributed by atoms with Gasteiger partial charge in [-0.2, -0.15) is 0 Å². The lowest BCUT2D eigenvalue weighted by atomic mass is 9.73. The summed E-state index contributed by atoms with van der Waals surface area (Å²) in [6, 6.07) is 8.78. The van der Waals surface area contributed by atoms with Gasteiger partial charge in [0.15, 0.2) is 0 Å². The maximum Gasteiger partial charge on any atom is 0.248 e. The Morgan fingerprint density at radius 2 is 2.05 bits per heavy atom. The van der Waals surface area contributed by atoms with Gasteiger partial charge in [0.2, 0.25) is 5.91 Å². The number of hydrogen-bond acceptors (Lipinski definition) is 2. The highest BCUT2D eigenvalue weighted by Crippen LogP contribution is 2.38. The van der Waals surface area contributed by atoms with Gasteiger partial charge >= 0.3 is 0 Å². The van der Waals surface area contributed by atoms with Crippen molar-refractivity contribution in [1.82, 2.24) is 4.90 Å². The van der Waals surface area contributed by atoms with Crippen LogP contribution in [0.4, 0.5) is 0 Å². The van der Waals surface area contributed by atoms with Gasteiger partial charge in [0, 0.05) is 19.0 Å². The molecule has 1 fully saturated rings. The third-order valence-electron chi connectivity index (χ3n) is 5.23. The van der Waals surface area contributed by atoms with Gasteiger partial charge in [-0.15, -0.1) is 0 Å². The van der Waals surface area contributed by atoms with Gasteiger partial charge in [-0.25, -0.2) is 0 Å². The van der Waals surface area contributed by atoms with Crippen LogP contribution in [0.2, 0.25) is 0 Å². The van der Waals surface area contributed by atoms with E-state index in [1.54, 1.807) is 0 Å². The van der Waals surface area contributed by atoms with Gasteiger partial charge in [-0.1, -0.05) is 37.1 Å². The summed E-state index contributed by atoms with van der Waals surface area (Å²) in [5.41, 5.74) is 2.83. The minimum atomic E-state index is 0.110. The number of fused-ring (bicyclic) bond motifs is 1. The molecule has 1 saturated carbocycles. The summed E-state index contributed by atoms with van der Waals surface area (Å²) in [5, 5.41) is 0. The molecule has 2 unspecified atom stereocenters. The number of amides is 1. The fourth-order valence-corrected chi connectivity index (χ4v) is 3.57. The number of nitrogens with zero attached hydrogens (tertiary/aromatic N) is 1. The van der Waals surface area contributed by atoms with E-state index in [2.05, 4.69) is 31.2 Å². The minimum absolute atomic E-state index is 0.110. The fraction of sp³-hybridized carbons (Fsp3) is 0.611. The average Bonchev–Trinajstić information content (AvgIpc) is 2.98. The predicted molar refractivity (Wildman–Crippen MR) is 83.3 cm³/mol. The Hall–Kier alpha value is -1.35. The van der Waals surface area contributed by atoms with Gasteiger partial charge in [0.25, 0.3) is 0 Å². The topological polar surface area (TPSA) is 29.5 Å². The van der Waals surface area contributed by atoms with E-state index in [9.17, 15) is 4.79 Å². The summed E-state index contributed by atoms with van der Waals surface area (Å²) in [4.78, 5) is 14.2. The molecule has 21 heavy (non-hydrogen) atoms. The van der Waals surface area contributed by atoms with Crippen molar-refractivity contribution in [3.8, 4) is 0 Å². The van der Waals surface area contributed by atoms with Crippen LogP contribution in [0.25, 0.3) is 0 Å². The molecule has 2 aliphatic rings. The van der Waals surface area contributed by atoms with Crippen LogP contribution in [-0.2, 0) is 16.0 Å². The maximum absolute atomic E-state index is 12.3. The Morgan fingerprint density at radius 3 is 2.76 bits per heavy atom. The molecule has 3 nitrogen and oxygen atoms in total. The number of likely N-dealkylation sites (N-methyl/N-ethyl adjacent to an activating group) is 1. The minimum Gasteiger partial charge on any atom is -0.368 e. The number of rotatable bonds is 5. The van der Waals surface area contributed by atoms with Gasteiger partial charge in [-0.05, 0) is 37.3 Å². The molecule has 3 rings (SSSR count). The van der Waals surface area contributed by atoms with Crippen LogP contribution in [0.15, 0.2) is 24.3 Å². The number of benzene rings is 1. The number of carbonyl (C=O) groups is 1. The SMILES string of the molecule is CC(C1Cc2ccccc21)N(C)C(=O)COC1CCCC1. The van der Waals surface area contributed by atoms with E-state index in [0.29, 0.717) is 12.0 Å². The van der Waals surface area contributed by atoms with Crippen LogP contribution in [0, 0.1) is 0 Å². The van der Waals surface area contributed by atoms with Crippen molar-refractivity contribution in [3.05, 3.63) is 35.4 Å². The van der Waals surface area contributed by atoms with Crippen LogP contribution in [-0.4, -0.2) is 36.6 Å². The lowest BCUT2D eigenvalue weighted by Gasteiger charge is -2.39. The maximum atomic E-state index is 12.3. The largest absolute Gasteiger partial charge is 0.368 e. The monoisotopic (exact) mass is 287 g/mol. The normalized spacial score (nSPS) is 22.5. The van der Waals surface area contributed by atoms with E-state index in [1.807, 2.05) is 11.9 Å². The molecular formula is C18H25NO2. The summed E-state index contributed by atoms with van der Waals surface area (Å²) >= 11 is 0. The van der Waals surface area contributed by atoms with Crippen molar-refractivity contribution in [2.75, 3.05) is 13.7 Å². The molecule has 0 N–H and O–H groups in total. The first-order valence-corrected chi connectivity index (χ1v) is 8.12. The molecular weight excluding hydrogens is 262 g/mol. The third-order valence-corrected chi connectivity index (χ3v) is 5.23. The highest BCUT2D eigenvalue weighted by Gasteiger charge is 2.33. The first-order valence-electron chi connectivity index (χ1n) is 8.12. The lowest BCUT2D eigenvalue weighted by molar-refractivity contribution is -0.139. The van der Waals surface area contributed by atoms with Crippen molar-refractivity contribution in [2.45, 2.75) is 57.1 Å². The number of hydrogen-bond donors (Lipinski definition) is 0. The van der Waals surface area contributed by atoms with Gasteiger partial charge < -0.3 is 9.64 Å². The highest BCUT2D eigenvalue weighted by atomic mass is 16.5. The summed E-state index contributed by atoms with van der Waals surface area (Å²) in [7, 11) is 1.91. The van der Waals surface area contributed by atoms with E-state index in [1.165, 1.54) is 24.0 Å². The van der Waals surface area contributed by atoms with Crippen molar-refractivity contribution >= 4 is 5.91 Å². The Kier molecular flexibility index (Phi) is 4.29. The van der Waals surface area contributed by atoms with Gasteiger partial charge in [0.1, 0.15) is 6.61 Å². The molecule has 0 bridgehead atoms. The van der Waals surface area contributed by atoms with Crippen LogP contribution in [0.3, 0.4) is 0 Å². The Morgan fingerprint density at radius 1 is 1.33 bits per heavy atom. The van der Waals surface area contributed by atoms with Crippen molar-refractivity contribution in [3.63, 3.8) is 0 Å². The van der Waals surface area contributed by atoms with Gasteiger partial charge in [-0.3, -0.25) is 4.79 Å². The van der Waals surface area contributed by atoms with Crippen molar-refractivity contribution in [1.29, 1.82) is 0 Å². The van der Waals surface area contributed by atoms with E-state index in [0.717, 1.165) is 19.3 Å². The first-order chi connectivity index (χ1) is 10.2. The van der Waals surface area contributed by atoms with Crippen LogP contribution in [0.1, 0.15) is 49.7 Å². The molecule has 1 amide bonds. The van der Waals surface area contributed by atoms with E-state index in [4.69, 9.17) is 4.74 Å². The Labute approximate surface area is 127 Å². The summed E-state index contributed by atoms with van der Waals surface area (Å²) in [6.07, 6.45) is 6.10. The molecule has 0 spiro atoms. The Balaban J connectivity index is 1.52. The molecule has 2 atom stereocenters. The second-order valence-electron chi connectivity index (χ2n) is 6.47. The standard InChI is InChI=1S/C18H25NO2/c1-13(17-11-14-7-3-6-10-16(14)17)19(2)18(20)12-21-15-8-4-5-9-15/h3,6-7,10,13,15,17H,4-5,8-9,11-12H2,1-2H3. The highest BCUT2D eigenvalue weighted by molar-refractivity contribution is 5.77. The molecule has 0 heterocycles. The second-order valence-corrected chi connectivity index (χ2v) is 6.47. The third kappa shape index (κ3) is 2.98. The van der Waals surface area contributed by atoms with E-state index in [-0.39, 0.29) is 18.6 Å². The van der Waals surface area contributed by atoms with Crippen LogP contribution < -0.4 is 0 Å². The fourth-order valence-electron chi connectivity index (χ4n) is 3.57. The van der Waals surface area contributed by atoms with E-state index >= 15 is 0 Å². The molecule has 2 aliphatic carbocycles. The molecule has 0 aromatic heterocycles. The Bertz CT molecular complexity index is 508.